The predicted octanol–water partition coefficient (Wildman–Crippen LogP) is 4.44. The van der Waals surface area contributed by atoms with E-state index in [1.54, 1.807) is 23.1 Å². The van der Waals surface area contributed by atoms with Crippen LogP contribution in [-0.4, -0.2) is 32.5 Å². The number of nitro groups is 1. The van der Waals surface area contributed by atoms with Gasteiger partial charge in [-0.05, 0) is 30.7 Å². The second-order valence-electron chi connectivity index (χ2n) is 5.63. The molecule has 1 heterocycles. The van der Waals surface area contributed by atoms with Gasteiger partial charge in [0.1, 0.15) is 0 Å². The van der Waals surface area contributed by atoms with E-state index in [0.717, 1.165) is 5.56 Å². The van der Waals surface area contributed by atoms with Crippen LogP contribution in [0.25, 0.3) is 10.9 Å². The Morgan fingerprint density at radius 3 is 2.65 bits per heavy atom. The minimum Gasteiger partial charge on any atom is -0.333 e. The fourth-order valence-corrected chi connectivity index (χ4v) is 2.93. The molecule has 0 aliphatic carbocycles. The van der Waals surface area contributed by atoms with Crippen LogP contribution >= 0.6 is 23.2 Å². The number of aromatic amines is 1. The van der Waals surface area contributed by atoms with E-state index in [0.29, 0.717) is 34.0 Å². The summed E-state index contributed by atoms with van der Waals surface area (Å²) < 4.78 is 0. The third-order valence-electron chi connectivity index (χ3n) is 3.99. The molecule has 1 aromatic heterocycles. The number of non-ortho nitro benzene ring substituents is 1. The van der Waals surface area contributed by atoms with E-state index in [-0.39, 0.29) is 17.3 Å². The zero-order valence-corrected chi connectivity index (χ0v) is 15.2. The molecule has 0 saturated heterocycles. The van der Waals surface area contributed by atoms with Crippen LogP contribution in [0.15, 0.2) is 36.4 Å². The number of hydrogen-bond donors (Lipinski definition) is 1. The van der Waals surface area contributed by atoms with E-state index in [1.807, 2.05) is 6.92 Å². The first-order chi connectivity index (χ1) is 12.4. The van der Waals surface area contributed by atoms with E-state index in [9.17, 15) is 14.9 Å². The molecular weight excluding hydrogens is 379 g/mol. The minimum atomic E-state index is -0.506. The molecule has 134 valence electrons. The number of halogens is 2. The van der Waals surface area contributed by atoms with Gasteiger partial charge in [0.05, 0.1) is 20.5 Å². The summed E-state index contributed by atoms with van der Waals surface area (Å²) in [7, 11) is 0. The Bertz CT molecular complexity index is 1000. The molecule has 0 fully saturated rings. The minimum absolute atomic E-state index is 0.0968. The molecule has 1 N–H and O–H groups in total. The highest BCUT2D eigenvalue weighted by Gasteiger charge is 2.22. The Balaban J connectivity index is 1.93. The van der Waals surface area contributed by atoms with Gasteiger partial charge in [-0.25, -0.2) is 0 Å². The summed E-state index contributed by atoms with van der Waals surface area (Å²) in [4.78, 5) is 25.0. The molecule has 3 rings (SSSR count). The third-order valence-corrected chi connectivity index (χ3v) is 4.73. The van der Waals surface area contributed by atoms with Gasteiger partial charge in [0, 0.05) is 30.6 Å². The highest BCUT2D eigenvalue weighted by molar-refractivity contribution is 6.42. The van der Waals surface area contributed by atoms with Crippen molar-refractivity contribution in [3.05, 3.63) is 67.8 Å². The van der Waals surface area contributed by atoms with Crippen LogP contribution in [0.5, 0.6) is 0 Å². The van der Waals surface area contributed by atoms with Crippen molar-refractivity contribution in [3.8, 4) is 0 Å². The number of amides is 1. The van der Waals surface area contributed by atoms with Crippen molar-refractivity contribution in [1.82, 2.24) is 15.1 Å². The van der Waals surface area contributed by atoms with Crippen molar-refractivity contribution >= 4 is 45.7 Å². The number of carbonyl (C=O) groups excluding carboxylic acids is 1. The van der Waals surface area contributed by atoms with Crippen LogP contribution in [0.1, 0.15) is 23.0 Å². The zero-order chi connectivity index (χ0) is 18.8. The molecule has 1 amide bonds. The lowest BCUT2D eigenvalue weighted by Gasteiger charge is -2.20. The molecule has 26 heavy (non-hydrogen) atoms. The Morgan fingerprint density at radius 2 is 2.00 bits per heavy atom. The fraction of sp³-hybridized carbons (Fsp3) is 0.176. The monoisotopic (exact) mass is 392 g/mol. The summed E-state index contributed by atoms with van der Waals surface area (Å²) in [5.41, 5.74) is 1.43. The molecule has 0 spiro atoms. The van der Waals surface area contributed by atoms with Gasteiger partial charge in [-0.2, -0.15) is 5.10 Å². The van der Waals surface area contributed by atoms with Gasteiger partial charge in [-0.3, -0.25) is 20.0 Å². The molecule has 2 aromatic carbocycles. The molecule has 0 aliphatic rings. The second-order valence-corrected chi connectivity index (χ2v) is 6.44. The van der Waals surface area contributed by atoms with Gasteiger partial charge >= 0.3 is 0 Å². The Hall–Kier alpha value is -2.64. The maximum atomic E-state index is 12.9. The number of nitro benzene ring substituents is 1. The molecule has 7 nitrogen and oxygen atoms in total. The zero-order valence-electron chi connectivity index (χ0n) is 13.7. The number of nitrogens with zero attached hydrogens (tertiary/aromatic N) is 3. The summed E-state index contributed by atoms with van der Waals surface area (Å²) in [5.74, 6) is -0.328. The summed E-state index contributed by atoms with van der Waals surface area (Å²) in [6, 6.07) is 9.41. The number of fused-ring (bicyclic) bond motifs is 1. The first kappa shape index (κ1) is 18.2. The lowest BCUT2D eigenvalue weighted by atomic mass is 10.1. The third kappa shape index (κ3) is 3.49. The summed E-state index contributed by atoms with van der Waals surface area (Å²) >= 11 is 11.9. The van der Waals surface area contributed by atoms with Crippen LogP contribution < -0.4 is 0 Å². The van der Waals surface area contributed by atoms with Crippen molar-refractivity contribution in [3.63, 3.8) is 0 Å². The van der Waals surface area contributed by atoms with Crippen molar-refractivity contribution in [2.45, 2.75) is 13.5 Å². The van der Waals surface area contributed by atoms with Crippen LogP contribution in [0.2, 0.25) is 10.0 Å². The smallest absolute Gasteiger partial charge is 0.275 e. The highest BCUT2D eigenvalue weighted by Crippen LogP contribution is 2.25. The van der Waals surface area contributed by atoms with E-state index >= 15 is 0 Å². The van der Waals surface area contributed by atoms with Gasteiger partial charge in [0.25, 0.3) is 11.6 Å². The van der Waals surface area contributed by atoms with Gasteiger partial charge in [0.2, 0.25) is 0 Å². The van der Waals surface area contributed by atoms with Crippen molar-refractivity contribution in [2.24, 2.45) is 0 Å². The quantitative estimate of drug-likeness (QED) is 0.512. The second kappa shape index (κ2) is 7.31. The lowest BCUT2D eigenvalue weighted by Crippen LogP contribution is -2.30. The fourth-order valence-electron chi connectivity index (χ4n) is 2.61. The summed E-state index contributed by atoms with van der Waals surface area (Å²) in [6.45, 7) is 2.59. The maximum absolute atomic E-state index is 12.9. The lowest BCUT2D eigenvalue weighted by molar-refractivity contribution is -0.384. The highest BCUT2D eigenvalue weighted by atomic mass is 35.5. The normalized spacial score (nSPS) is 10.9. The summed E-state index contributed by atoms with van der Waals surface area (Å²) in [6.07, 6.45) is 0. The molecule has 0 aliphatic heterocycles. The molecule has 0 saturated carbocycles. The Kier molecular flexibility index (Phi) is 5.11. The summed E-state index contributed by atoms with van der Waals surface area (Å²) in [5, 5.41) is 19.0. The van der Waals surface area contributed by atoms with E-state index in [2.05, 4.69) is 10.2 Å². The van der Waals surface area contributed by atoms with Gasteiger partial charge in [-0.15, -0.1) is 0 Å². The Morgan fingerprint density at radius 1 is 1.23 bits per heavy atom. The number of aromatic nitrogens is 2. The Labute approximate surface area is 158 Å². The molecule has 3 aromatic rings. The molecule has 0 unspecified atom stereocenters. The first-order valence-corrected chi connectivity index (χ1v) is 8.52. The van der Waals surface area contributed by atoms with Crippen molar-refractivity contribution < 1.29 is 9.72 Å². The number of rotatable bonds is 5. The van der Waals surface area contributed by atoms with E-state index in [4.69, 9.17) is 23.2 Å². The molecule has 0 bridgehead atoms. The van der Waals surface area contributed by atoms with Gasteiger partial charge < -0.3 is 4.90 Å². The molecular formula is C17H14Cl2N4O3. The average Bonchev–Trinajstić information content (AvgIpc) is 3.05. The van der Waals surface area contributed by atoms with Crippen molar-refractivity contribution in [2.75, 3.05) is 6.54 Å². The van der Waals surface area contributed by atoms with Crippen molar-refractivity contribution in [1.29, 1.82) is 0 Å². The number of H-pyrrole nitrogens is 1. The van der Waals surface area contributed by atoms with Crippen LogP contribution in [0.4, 0.5) is 5.69 Å². The maximum Gasteiger partial charge on any atom is 0.275 e. The van der Waals surface area contributed by atoms with Gasteiger partial charge in [-0.1, -0.05) is 29.3 Å². The van der Waals surface area contributed by atoms with Crippen LogP contribution in [0, 0.1) is 10.1 Å². The van der Waals surface area contributed by atoms with Crippen LogP contribution in [0.3, 0.4) is 0 Å². The van der Waals surface area contributed by atoms with Gasteiger partial charge in [0.15, 0.2) is 5.69 Å². The number of hydrogen-bond acceptors (Lipinski definition) is 4. The molecule has 0 atom stereocenters. The van der Waals surface area contributed by atoms with E-state index < -0.39 is 4.92 Å². The standard InChI is InChI=1S/C17H14Cl2N4O3/c1-2-22(9-10-3-5-13(18)14(19)7-10)17(24)16-12-8-11(23(25)26)4-6-15(12)20-21-16/h3-8H,2,9H2,1H3,(H,20,21). The first-order valence-electron chi connectivity index (χ1n) is 7.76. The predicted molar refractivity (Wildman–Crippen MR) is 99.6 cm³/mol. The number of nitrogens with one attached hydrogen (secondary N) is 1. The molecule has 0 radical (unpaired) electrons. The number of carbonyl (C=O) groups is 1. The SMILES string of the molecule is CCN(Cc1ccc(Cl)c(Cl)c1)C(=O)c1n[nH]c2ccc([N+](=O)[O-])cc12. The van der Waals surface area contributed by atoms with Crippen LogP contribution in [-0.2, 0) is 6.54 Å². The average molecular weight is 393 g/mol. The van der Waals surface area contributed by atoms with E-state index in [1.165, 1.54) is 18.2 Å². The topological polar surface area (TPSA) is 92.1 Å². The largest absolute Gasteiger partial charge is 0.333 e. The number of benzene rings is 2. The molecule has 9 heteroatoms.